The monoisotopic (exact) mass is 311 g/mol. The van der Waals surface area contributed by atoms with Gasteiger partial charge in [-0.25, -0.2) is 4.79 Å². The van der Waals surface area contributed by atoms with Crippen LogP contribution in [0.3, 0.4) is 0 Å². The largest absolute Gasteiger partial charge is 0.449 e. The summed E-state index contributed by atoms with van der Waals surface area (Å²) in [4.78, 5) is 28.2. The van der Waals surface area contributed by atoms with Crippen LogP contribution in [-0.4, -0.2) is 54.2 Å². The third-order valence-electron chi connectivity index (χ3n) is 4.42. The van der Waals surface area contributed by atoms with Crippen molar-refractivity contribution in [2.75, 3.05) is 26.2 Å². The van der Waals surface area contributed by atoms with Crippen molar-refractivity contribution in [3.05, 3.63) is 0 Å². The number of nitrogens with two attached hydrogens (primary N) is 1. The Kier molecular flexibility index (Phi) is 6.06. The van der Waals surface area contributed by atoms with E-state index in [1.165, 1.54) is 11.3 Å². The fourth-order valence-electron chi connectivity index (χ4n) is 3.10. The minimum Gasteiger partial charge on any atom is -0.449 e. The second-order valence-corrected chi connectivity index (χ2v) is 6.85. The average molecular weight is 311 g/mol. The van der Waals surface area contributed by atoms with Gasteiger partial charge in [-0.3, -0.25) is 9.69 Å². The summed E-state index contributed by atoms with van der Waals surface area (Å²) in [6.07, 6.45) is 4.04. The van der Waals surface area contributed by atoms with Crippen LogP contribution in [0.1, 0.15) is 46.0 Å². The molecule has 2 N–H and O–H groups in total. The maximum Gasteiger partial charge on any atom is 0.411 e. The molecular formula is C16H29N3O3. The molecule has 2 rings (SSSR count). The molecule has 2 atom stereocenters. The number of amides is 2. The van der Waals surface area contributed by atoms with Gasteiger partial charge in [0.15, 0.2) is 0 Å². The zero-order chi connectivity index (χ0) is 16.1. The summed E-state index contributed by atoms with van der Waals surface area (Å²) in [6, 6.07) is 0. The molecule has 0 aromatic heterocycles. The van der Waals surface area contributed by atoms with Crippen molar-refractivity contribution in [3.8, 4) is 0 Å². The number of nitrogens with zero attached hydrogens (tertiary/aromatic N) is 2. The van der Waals surface area contributed by atoms with Crippen molar-refractivity contribution >= 4 is 12.0 Å². The molecule has 0 spiro atoms. The summed E-state index contributed by atoms with van der Waals surface area (Å²) < 4.78 is 5.27. The molecule has 0 aliphatic carbocycles. The van der Waals surface area contributed by atoms with Gasteiger partial charge in [0, 0.05) is 19.6 Å². The Hall–Kier alpha value is -1.30. The molecule has 2 amide bonds. The van der Waals surface area contributed by atoms with Crippen molar-refractivity contribution in [1.29, 1.82) is 0 Å². The predicted molar refractivity (Wildman–Crippen MR) is 84.0 cm³/mol. The third kappa shape index (κ3) is 4.35. The number of rotatable bonds is 3. The van der Waals surface area contributed by atoms with Crippen LogP contribution in [-0.2, 0) is 9.53 Å². The number of ether oxygens (including phenoxy) is 1. The van der Waals surface area contributed by atoms with Gasteiger partial charge in [0.05, 0.1) is 18.7 Å². The maximum atomic E-state index is 12.6. The van der Waals surface area contributed by atoms with E-state index in [-0.39, 0.29) is 23.9 Å². The van der Waals surface area contributed by atoms with Gasteiger partial charge in [0.1, 0.15) is 0 Å². The second kappa shape index (κ2) is 7.81. The highest BCUT2D eigenvalue weighted by Crippen LogP contribution is 2.24. The Bertz CT molecular complexity index is 394. The third-order valence-corrected chi connectivity index (χ3v) is 4.42. The molecular weight excluding hydrogens is 282 g/mol. The van der Waals surface area contributed by atoms with Gasteiger partial charge in [-0.05, 0) is 38.0 Å². The molecule has 2 aliphatic rings. The number of likely N-dealkylation sites (tertiary alicyclic amines) is 2. The van der Waals surface area contributed by atoms with E-state index in [1.807, 2.05) is 18.7 Å². The van der Waals surface area contributed by atoms with Crippen molar-refractivity contribution in [2.45, 2.75) is 52.1 Å². The number of piperidine rings is 2. The average Bonchev–Trinajstić information content (AvgIpc) is 2.53. The molecule has 22 heavy (non-hydrogen) atoms. The van der Waals surface area contributed by atoms with Gasteiger partial charge in [0.25, 0.3) is 0 Å². The van der Waals surface area contributed by atoms with Gasteiger partial charge < -0.3 is 15.4 Å². The van der Waals surface area contributed by atoms with Gasteiger partial charge >= 0.3 is 6.09 Å². The van der Waals surface area contributed by atoms with E-state index in [2.05, 4.69) is 0 Å². The highest BCUT2D eigenvalue weighted by molar-refractivity contribution is 5.80. The predicted octanol–water partition coefficient (Wildman–Crippen LogP) is 1.79. The summed E-state index contributed by atoms with van der Waals surface area (Å²) in [7, 11) is 0. The van der Waals surface area contributed by atoms with E-state index < -0.39 is 6.09 Å². The zero-order valence-electron chi connectivity index (χ0n) is 13.8. The Morgan fingerprint density at radius 2 is 1.86 bits per heavy atom. The number of hydrogen-bond donors (Lipinski definition) is 1. The number of carbonyl (C=O) groups excluding carboxylic acids is 2. The van der Waals surface area contributed by atoms with Crippen LogP contribution in [0.15, 0.2) is 0 Å². The maximum absolute atomic E-state index is 12.6. The lowest BCUT2D eigenvalue weighted by molar-refractivity contribution is -0.138. The molecule has 2 saturated heterocycles. The van der Waals surface area contributed by atoms with E-state index in [9.17, 15) is 9.59 Å². The molecule has 6 nitrogen and oxygen atoms in total. The second-order valence-electron chi connectivity index (χ2n) is 6.85. The van der Waals surface area contributed by atoms with E-state index in [0.717, 1.165) is 32.4 Å². The summed E-state index contributed by atoms with van der Waals surface area (Å²) >= 11 is 0. The molecule has 0 bridgehead atoms. The SMILES string of the molecule is CC(C)COC(=O)N1CC(C(=O)N2CCCCC2)CCC1N. The molecule has 0 saturated carbocycles. The molecule has 2 heterocycles. The fraction of sp³-hybridized carbons (Fsp3) is 0.875. The first kappa shape index (κ1) is 17.1. The Morgan fingerprint density at radius 1 is 1.18 bits per heavy atom. The summed E-state index contributed by atoms with van der Waals surface area (Å²) in [5.74, 6) is 0.327. The Balaban J connectivity index is 1.91. The van der Waals surface area contributed by atoms with Crippen LogP contribution < -0.4 is 5.73 Å². The minimum atomic E-state index is -0.391. The standard InChI is InChI=1S/C16H29N3O3/c1-12(2)11-22-16(21)19-10-13(6-7-14(19)17)15(20)18-8-4-3-5-9-18/h12-14H,3-11,17H2,1-2H3. The topological polar surface area (TPSA) is 75.9 Å². The van der Waals surface area contributed by atoms with Crippen molar-refractivity contribution in [1.82, 2.24) is 9.80 Å². The highest BCUT2D eigenvalue weighted by atomic mass is 16.6. The van der Waals surface area contributed by atoms with Crippen LogP contribution in [0.5, 0.6) is 0 Å². The summed E-state index contributed by atoms with van der Waals surface area (Å²) in [5.41, 5.74) is 6.03. The molecule has 0 aromatic carbocycles. The number of carbonyl (C=O) groups is 2. The van der Waals surface area contributed by atoms with Crippen molar-refractivity contribution < 1.29 is 14.3 Å². The molecule has 2 aliphatic heterocycles. The molecule has 0 radical (unpaired) electrons. The normalized spacial score (nSPS) is 26.2. The Morgan fingerprint density at radius 3 is 2.50 bits per heavy atom. The van der Waals surface area contributed by atoms with Crippen LogP contribution in [0.2, 0.25) is 0 Å². The van der Waals surface area contributed by atoms with Crippen molar-refractivity contribution in [2.24, 2.45) is 17.6 Å². The first-order valence-corrected chi connectivity index (χ1v) is 8.46. The fourth-order valence-corrected chi connectivity index (χ4v) is 3.10. The molecule has 2 unspecified atom stereocenters. The first-order valence-electron chi connectivity index (χ1n) is 8.46. The van der Waals surface area contributed by atoms with Crippen LogP contribution in [0.25, 0.3) is 0 Å². The van der Waals surface area contributed by atoms with Gasteiger partial charge in [-0.1, -0.05) is 13.8 Å². The van der Waals surface area contributed by atoms with Gasteiger partial charge in [-0.15, -0.1) is 0 Å². The molecule has 0 aromatic rings. The summed E-state index contributed by atoms with van der Waals surface area (Å²) in [5, 5.41) is 0. The lowest BCUT2D eigenvalue weighted by Gasteiger charge is -2.39. The van der Waals surface area contributed by atoms with Crippen LogP contribution in [0.4, 0.5) is 4.79 Å². The smallest absolute Gasteiger partial charge is 0.411 e. The number of hydrogen-bond acceptors (Lipinski definition) is 4. The van der Waals surface area contributed by atoms with Gasteiger partial charge in [0.2, 0.25) is 5.91 Å². The highest BCUT2D eigenvalue weighted by Gasteiger charge is 2.35. The van der Waals surface area contributed by atoms with Gasteiger partial charge in [-0.2, -0.15) is 0 Å². The first-order chi connectivity index (χ1) is 10.5. The van der Waals surface area contributed by atoms with Crippen molar-refractivity contribution in [3.63, 3.8) is 0 Å². The lowest BCUT2D eigenvalue weighted by Crippen LogP contribution is -2.55. The summed E-state index contributed by atoms with van der Waals surface area (Å²) in [6.45, 7) is 6.44. The molecule has 2 fully saturated rings. The van der Waals surface area contributed by atoms with Crippen LogP contribution in [0, 0.1) is 11.8 Å². The van der Waals surface area contributed by atoms with E-state index >= 15 is 0 Å². The van der Waals surface area contributed by atoms with E-state index in [4.69, 9.17) is 10.5 Å². The Labute approximate surface area is 132 Å². The zero-order valence-corrected chi connectivity index (χ0v) is 13.8. The van der Waals surface area contributed by atoms with E-state index in [1.54, 1.807) is 0 Å². The quantitative estimate of drug-likeness (QED) is 0.862. The van der Waals surface area contributed by atoms with E-state index in [0.29, 0.717) is 19.6 Å². The molecule has 126 valence electrons. The van der Waals surface area contributed by atoms with Crippen LogP contribution >= 0.6 is 0 Å². The lowest BCUT2D eigenvalue weighted by atomic mass is 9.94. The molecule has 6 heteroatoms. The minimum absolute atomic E-state index is 0.135.